The lowest BCUT2D eigenvalue weighted by Crippen LogP contribution is -2.46. The number of fused-ring (bicyclic) bond motifs is 1. The molecule has 7 nitrogen and oxygen atoms in total. The molecular weight excluding hydrogens is 446 g/mol. The fourth-order valence-electron chi connectivity index (χ4n) is 3.19. The maximum atomic E-state index is 13.1. The number of ether oxygens (including phenoxy) is 2. The highest BCUT2D eigenvalue weighted by molar-refractivity contribution is 6.33. The zero-order valence-electron chi connectivity index (χ0n) is 19.2. The van der Waals surface area contributed by atoms with Gasteiger partial charge in [-0.1, -0.05) is 41.9 Å². The van der Waals surface area contributed by atoms with E-state index in [9.17, 15) is 14.4 Å². The quantitative estimate of drug-likeness (QED) is 0.316. The number of rotatable bonds is 5. The molecule has 0 saturated carbocycles. The average molecular weight is 472 g/mol. The van der Waals surface area contributed by atoms with Gasteiger partial charge in [-0.3, -0.25) is 0 Å². The second-order valence-corrected chi connectivity index (χ2v) is 9.14. The lowest BCUT2D eigenvalue weighted by molar-refractivity contribution is -0.136. The molecule has 33 heavy (non-hydrogen) atoms. The lowest BCUT2D eigenvalue weighted by atomic mass is 10.1. The van der Waals surface area contributed by atoms with Crippen molar-refractivity contribution >= 4 is 34.6 Å². The summed E-state index contributed by atoms with van der Waals surface area (Å²) in [6, 6.07) is 11.1. The van der Waals surface area contributed by atoms with Gasteiger partial charge in [-0.2, -0.15) is 0 Å². The minimum Gasteiger partial charge on any atom is -0.444 e. The zero-order valence-corrected chi connectivity index (χ0v) is 19.9. The fraction of sp³-hybridized carbons (Fsp3) is 0.320. The van der Waals surface area contributed by atoms with E-state index in [0.29, 0.717) is 10.9 Å². The summed E-state index contributed by atoms with van der Waals surface area (Å²) in [5.74, 6) is -0.721. The number of hydrogen-bond acceptors (Lipinski definition) is 6. The Bertz CT molecular complexity index is 1240. The topological polar surface area (TPSA) is 94.8 Å². The van der Waals surface area contributed by atoms with Gasteiger partial charge in [-0.15, -0.1) is 0 Å². The minimum atomic E-state index is -1.04. The van der Waals surface area contributed by atoms with Crippen LogP contribution in [0.2, 0.25) is 5.02 Å². The van der Waals surface area contributed by atoms with Crippen LogP contribution in [-0.2, 0) is 16.0 Å². The van der Waals surface area contributed by atoms with E-state index in [1.54, 1.807) is 40.7 Å². The van der Waals surface area contributed by atoms with Crippen LogP contribution in [0.25, 0.3) is 11.0 Å². The molecule has 0 aliphatic carbocycles. The summed E-state index contributed by atoms with van der Waals surface area (Å²) in [6.45, 7) is 8.63. The number of halogens is 1. The molecule has 3 aromatic rings. The molecule has 1 amide bonds. The number of amides is 1. The fourth-order valence-corrected chi connectivity index (χ4v) is 3.40. The summed E-state index contributed by atoms with van der Waals surface area (Å²) < 4.78 is 16.1. The summed E-state index contributed by atoms with van der Waals surface area (Å²) in [5.41, 5.74) is 1.06. The highest BCUT2D eigenvalue weighted by Gasteiger charge is 2.27. The minimum absolute atomic E-state index is 0.0182. The summed E-state index contributed by atoms with van der Waals surface area (Å²) >= 11 is 6.36. The first-order chi connectivity index (χ1) is 15.4. The Morgan fingerprint density at radius 3 is 2.39 bits per heavy atom. The average Bonchev–Trinajstić information content (AvgIpc) is 2.72. The number of carbonyl (C=O) groups excluding carboxylic acids is 2. The van der Waals surface area contributed by atoms with Gasteiger partial charge in [0.15, 0.2) is 5.75 Å². The van der Waals surface area contributed by atoms with Gasteiger partial charge in [-0.25, -0.2) is 14.4 Å². The van der Waals surface area contributed by atoms with Crippen molar-refractivity contribution in [3.05, 3.63) is 74.6 Å². The predicted octanol–water partition coefficient (Wildman–Crippen LogP) is 5.10. The van der Waals surface area contributed by atoms with Crippen LogP contribution >= 0.6 is 11.6 Å². The van der Waals surface area contributed by atoms with Crippen molar-refractivity contribution in [2.24, 2.45) is 0 Å². The first-order valence-electron chi connectivity index (χ1n) is 10.4. The molecule has 0 unspecified atom stereocenters. The molecule has 1 N–H and O–H groups in total. The molecule has 8 heteroatoms. The van der Waals surface area contributed by atoms with E-state index in [4.69, 9.17) is 25.5 Å². The molecule has 0 saturated heterocycles. The van der Waals surface area contributed by atoms with Crippen molar-refractivity contribution in [2.75, 3.05) is 0 Å². The van der Waals surface area contributed by atoms with Gasteiger partial charge in [0.1, 0.15) is 17.2 Å². The number of hydrogen-bond donors (Lipinski definition) is 1. The molecule has 3 rings (SSSR count). The third kappa shape index (κ3) is 6.14. The van der Waals surface area contributed by atoms with Crippen LogP contribution in [0.5, 0.6) is 5.75 Å². The Hall–Kier alpha value is -3.32. The zero-order chi connectivity index (χ0) is 24.3. The Morgan fingerprint density at radius 2 is 1.76 bits per heavy atom. The molecule has 1 aromatic heterocycles. The normalized spacial score (nSPS) is 12.3. The van der Waals surface area contributed by atoms with Gasteiger partial charge in [0.2, 0.25) is 0 Å². The molecule has 1 atom stereocenters. The van der Waals surface area contributed by atoms with E-state index in [1.807, 2.05) is 30.3 Å². The molecule has 1 heterocycles. The number of nitrogens with one attached hydrogen (secondary N) is 1. The Labute approximate surface area is 196 Å². The van der Waals surface area contributed by atoms with Crippen molar-refractivity contribution in [2.45, 2.75) is 52.7 Å². The highest BCUT2D eigenvalue weighted by atomic mass is 35.5. The van der Waals surface area contributed by atoms with Crippen molar-refractivity contribution in [3.63, 3.8) is 0 Å². The molecule has 174 valence electrons. The van der Waals surface area contributed by atoms with Crippen molar-refractivity contribution in [3.8, 4) is 5.75 Å². The molecule has 0 aliphatic heterocycles. The van der Waals surface area contributed by atoms with E-state index >= 15 is 0 Å². The predicted molar refractivity (Wildman–Crippen MR) is 126 cm³/mol. The van der Waals surface area contributed by atoms with Crippen LogP contribution in [0.4, 0.5) is 4.79 Å². The second kappa shape index (κ2) is 9.67. The van der Waals surface area contributed by atoms with Gasteiger partial charge in [0.05, 0.1) is 5.02 Å². The third-order valence-electron chi connectivity index (χ3n) is 4.98. The molecule has 0 bridgehead atoms. The molecule has 2 aromatic carbocycles. The van der Waals surface area contributed by atoms with Crippen LogP contribution < -0.4 is 15.7 Å². The smallest absolute Gasteiger partial charge is 0.408 e. The van der Waals surface area contributed by atoms with Crippen LogP contribution in [-0.4, -0.2) is 23.7 Å². The molecule has 0 fully saturated rings. The van der Waals surface area contributed by atoms with Gasteiger partial charge < -0.3 is 19.2 Å². The van der Waals surface area contributed by atoms with Gasteiger partial charge in [-0.05, 0) is 51.8 Å². The maximum absolute atomic E-state index is 13.1. The number of esters is 1. The lowest BCUT2D eigenvalue weighted by Gasteiger charge is -2.23. The third-order valence-corrected chi connectivity index (χ3v) is 5.27. The monoisotopic (exact) mass is 471 g/mol. The Morgan fingerprint density at radius 1 is 1.09 bits per heavy atom. The number of carbonyl (C=O) groups is 2. The summed E-state index contributed by atoms with van der Waals surface area (Å²) in [7, 11) is 0. The van der Waals surface area contributed by atoms with E-state index in [0.717, 1.165) is 11.1 Å². The SMILES string of the molecule is Cc1c(C)c2cc(Cl)c(OC(=O)[C@H](Cc3ccccc3)NC(=O)OC(C)(C)C)cc2oc1=O. The van der Waals surface area contributed by atoms with Crippen LogP contribution in [0.3, 0.4) is 0 Å². The number of benzene rings is 2. The van der Waals surface area contributed by atoms with Crippen molar-refractivity contribution < 1.29 is 23.5 Å². The van der Waals surface area contributed by atoms with Gasteiger partial charge >= 0.3 is 17.7 Å². The van der Waals surface area contributed by atoms with Gasteiger partial charge in [0, 0.05) is 23.4 Å². The summed E-state index contributed by atoms with van der Waals surface area (Å²) in [5, 5.41) is 3.38. The Balaban J connectivity index is 1.90. The molecule has 0 radical (unpaired) electrons. The van der Waals surface area contributed by atoms with Crippen LogP contribution in [0, 0.1) is 13.8 Å². The summed E-state index contributed by atoms with van der Waals surface area (Å²) in [4.78, 5) is 37.4. The van der Waals surface area contributed by atoms with E-state index in [2.05, 4.69) is 5.32 Å². The van der Waals surface area contributed by atoms with Crippen molar-refractivity contribution in [1.82, 2.24) is 5.32 Å². The molecule has 0 aliphatic rings. The molecule has 0 spiro atoms. The van der Waals surface area contributed by atoms with Crippen LogP contribution in [0.1, 0.15) is 37.5 Å². The molecular formula is C25H26ClNO6. The van der Waals surface area contributed by atoms with E-state index in [1.165, 1.54) is 6.07 Å². The highest BCUT2D eigenvalue weighted by Crippen LogP contribution is 2.32. The van der Waals surface area contributed by atoms with Gasteiger partial charge in [0.25, 0.3) is 0 Å². The van der Waals surface area contributed by atoms with E-state index in [-0.39, 0.29) is 22.8 Å². The standard InChI is InChI=1S/C25H26ClNO6/c1-14-15(2)22(28)31-20-13-21(18(26)12-17(14)20)32-23(29)19(11-16-9-7-6-8-10-16)27-24(30)33-25(3,4)5/h6-10,12-13,19H,11H2,1-5H3,(H,27,30)/t19-/m0/s1. The first-order valence-corrected chi connectivity index (χ1v) is 10.8. The first kappa shape index (κ1) is 24.3. The largest absolute Gasteiger partial charge is 0.444 e. The maximum Gasteiger partial charge on any atom is 0.408 e. The van der Waals surface area contributed by atoms with Crippen molar-refractivity contribution in [1.29, 1.82) is 0 Å². The second-order valence-electron chi connectivity index (χ2n) is 8.73. The summed E-state index contributed by atoms with van der Waals surface area (Å²) in [6.07, 6.45) is -0.570. The number of aryl methyl sites for hydroxylation is 1. The van der Waals surface area contributed by atoms with Crippen LogP contribution in [0.15, 0.2) is 51.7 Å². The Kier molecular flexibility index (Phi) is 7.12. The number of alkyl carbamates (subject to hydrolysis) is 1. The van der Waals surface area contributed by atoms with E-state index < -0.39 is 29.3 Å².